The molecule has 4 heteroatoms. The number of phenols is 1. The van der Waals surface area contributed by atoms with Crippen molar-refractivity contribution in [2.75, 3.05) is 0 Å². The molecule has 0 radical (unpaired) electrons. The maximum absolute atomic E-state index is 11.9. The third-order valence-electron chi connectivity index (χ3n) is 3.21. The van der Waals surface area contributed by atoms with Crippen LogP contribution in [0.1, 0.15) is 16.1 Å². The number of aromatic hydroxyl groups is 1. The fraction of sp³-hybridized carbons (Fsp3) is 0. The predicted molar refractivity (Wildman–Crippen MR) is 79.3 cm³/mol. The molecule has 0 saturated carbocycles. The van der Waals surface area contributed by atoms with Crippen LogP contribution in [0, 0.1) is 0 Å². The average molecular weight is 280 g/mol. The van der Waals surface area contributed by atoms with Gasteiger partial charge in [0.05, 0.1) is 11.8 Å². The van der Waals surface area contributed by atoms with E-state index in [9.17, 15) is 15.0 Å². The van der Waals surface area contributed by atoms with Crippen molar-refractivity contribution >= 4 is 22.3 Å². The van der Waals surface area contributed by atoms with Gasteiger partial charge in [-0.1, -0.05) is 30.3 Å². The molecule has 0 aliphatic rings. The van der Waals surface area contributed by atoms with Gasteiger partial charge in [-0.15, -0.1) is 0 Å². The number of furan rings is 1. The van der Waals surface area contributed by atoms with E-state index in [0.717, 1.165) is 11.5 Å². The number of fused-ring (bicyclic) bond motifs is 1. The Balaban J connectivity index is 2.04. The van der Waals surface area contributed by atoms with Crippen molar-refractivity contribution in [1.29, 1.82) is 0 Å². The molecule has 0 atom stereocenters. The molecule has 1 aromatic heterocycles. The molecule has 0 spiro atoms. The topological polar surface area (TPSA) is 70.7 Å². The van der Waals surface area contributed by atoms with E-state index in [1.807, 2.05) is 12.1 Å². The number of carbonyl (C=O) groups is 1. The molecule has 3 rings (SSSR count). The first-order valence-electron chi connectivity index (χ1n) is 6.36. The van der Waals surface area contributed by atoms with Crippen LogP contribution < -0.4 is 0 Å². The third-order valence-corrected chi connectivity index (χ3v) is 3.21. The molecule has 21 heavy (non-hydrogen) atoms. The lowest BCUT2D eigenvalue weighted by atomic mass is 10.0. The number of carbonyl (C=O) groups excluding carboxylic acids is 1. The Morgan fingerprint density at radius 1 is 1.05 bits per heavy atom. The van der Waals surface area contributed by atoms with E-state index in [2.05, 4.69) is 0 Å². The molecule has 0 fully saturated rings. The van der Waals surface area contributed by atoms with Crippen LogP contribution in [0.2, 0.25) is 0 Å². The first-order chi connectivity index (χ1) is 10.2. The van der Waals surface area contributed by atoms with Crippen LogP contribution >= 0.6 is 0 Å². The smallest absolute Gasteiger partial charge is 0.224 e. The van der Waals surface area contributed by atoms with Crippen molar-refractivity contribution in [2.24, 2.45) is 0 Å². The molecule has 104 valence electrons. The number of allylic oxidation sites excluding steroid dienone is 1. The van der Waals surface area contributed by atoms with Gasteiger partial charge in [0, 0.05) is 11.5 Å². The van der Waals surface area contributed by atoms with Gasteiger partial charge in [-0.05, 0) is 23.6 Å². The van der Waals surface area contributed by atoms with E-state index in [1.165, 1.54) is 12.3 Å². The highest BCUT2D eigenvalue weighted by Crippen LogP contribution is 2.32. The molecular formula is C17H12O4. The first-order valence-corrected chi connectivity index (χ1v) is 6.36. The van der Waals surface area contributed by atoms with Crippen LogP contribution in [0.3, 0.4) is 0 Å². The normalized spacial score (nSPS) is 11.7. The van der Waals surface area contributed by atoms with Gasteiger partial charge in [0.25, 0.3) is 0 Å². The monoisotopic (exact) mass is 280 g/mol. The number of benzene rings is 2. The zero-order valence-corrected chi connectivity index (χ0v) is 11.0. The van der Waals surface area contributed by atoms with Crippen LogP contribution in [0.15, 0.2) is 65.3 Å². The van der Waals surface area contributed by atoms with E-state index < -0.39 is 5.78 Å². The summed E-state index contributed by atoms with van der Waals surface area (Å²) < 4.78 is 4.96. The highest BCUT2D eigenvalue weighted by molar-refractivity contribution is 6.06. The summed E-state index contributed by atoms with van der Waals surface area (Å²) in [5.41, 5.74) is 0.202. The van der Waals surface area contributed by atoms with E-state index in [4.69, 9.17) is 4.42 Å². The summed E-state index contributed by atoms with van der Waals surface area (Å²) in [7, 11) is 0. The Hall–Kier alpha value is -3.01. The lowest BCUT2D eigenvalue weighted by Gasteiger charge is -2.07. The van der Waals surface area contributed by atoms with Crippen LogP contribution in [-0.4, -0.2) is 16.0 Å². The van der Waals surface area contributed by atoms with Crippen LogP contribution in [0.4, 0.5) is 0 Å². The summed E-state index contributed by atoms with van der Waals surface area (Å²) in [5.74, 6) is -0.708. The number of hydrogen-bond acceptors (Lipinski definition) is 4. The van der Waals surface area contributed by atoms with Crippen molar-refractivity contribution < 1.29 is 19.4 Å². The molecule has 0 unspecified atom stereocenters. The molecule has 0 aliphatic carbocycles. The maximum atomic E-state index is 11.9. The molecule has 0 aliphatic heterocycles. The Kier molecular flexibility index (Phi) is 3.20. The predicted octanol–water partition coefficient (Wildman–Crippen LogP) is 3.92. The molecule has 0 amide bonds. The Bertz CT molecular complexity index is 829. The van der Waals surface area contributed by atoms with Crippen LogP contribution in [0.25, 0.3) is 16.5 Å². The minimum absolute atomic E-state index is 0.0610. The van der Waals surface area contributed by atoms with Gasteiger partial charge in [-0.2, -0.15) is 0 Å². The second-order valence-corrected chi connectivity index (χ2v) is 4.55. The van der Waals surface area contributed by atoms with Gasteiger partial charge in [-0.25, -0.2) is 0 Å². The zero-order chi connectivity index (χ0) is 14.8. The van der Waals surface area contributed by atoms with Crippen LogP contribution in [-0.2, 0) is 0 Å². The third kappa shape index (κ3) is 2.39. The summed E-state index contributed by atoms with van der Waals surface area (Å²) >= 11 is 0. The highest BCUT2D eigenvalue weighted by Gasteiger charge is 2.13. The molecule has 4 nitrogen and oxygen atoms in total. The number of ketones is 1. The Labute approximate surface area is 120 Å². The Morgan fingerprint density at radius 2 is 1.86 bits per heavy atom. The molecule has 0 bridgehead atoms. The van der Waals surface area contributed by atoms with E-state index in [-0.39, 0.29) is 22.8 Å². The molecule has 3 aromatic rings. The van der Waals surface area contributed by atoms with Gasteiger partial charge in [0.2, 0.25) is 5.78 Å². The summed E-state index contributed by atoms with van der Waals surface area (Å²) in [6.07, 6.45) is 2.41. The van der Waals surface area contributed by atoms with Gasteiger partial charge in [0.1, 0.15) is 11.5 Å². The number of hydrogen-bond donors (Lipinski definition) is 2. The molecular weight excluding hydrogens is 268 g/mol. The number of aliphatic hydroxyl groups excluding tert-OH is 1. The summed E-state index contributed by atoms with van der Waals surface area (Å²) in [6.45, 7) is 0. The highest BCUT2D eigenvalue weighted by atomic mass is 16.3. The fourth-order valence-corrected chi connectivity index (χ4v) is 2.15. The summed E-state index contributed by atoms with van der Waals surface area (Å²) in [4.78, 5) is 11.9. The standard InChI is InChI=1S/C17H12O4/c18-14(10-15(19)16-6-3-9-21-16)13-8-7-11-4-1-2-5-12(11)17(13)20/h1-10,18,20H. The van der Waals surface area contributed by atoms with Crippen molar-refractivity contribution in [1.82, 2.24) is 0 Å². The van der Waals surface area contributed by atoms with Gasteiger partial charge in [0.15, 0.2) is 5.76 Å². The molecule has 2 aromatic carbocycles. The molecule has 2 N–H and O–H groups in total. The summed E-state index contributed by atoms with van der Waals surface area (Å²) in [5, 5.41) is 21.8. The van der Waals surface area contributed by atoms with Gasteiger partial charge < -0.3 is 14.6 Å². The fourth-order valence-electron chi connectivity index (χ4n) is 2.15. The van der Waals surface area contributed by atoms with Crippen molar-refractivity contribution in [3.8, 4) is 5.75 Å². The van der Waals surface area contributed by atoms with E-state index in [1.54, 1.807) is 30.3 Å². The van der Waals surface area contributed by atoms with Crippen LogP contribution in [0.5, 0.6) is 5.75 Å². The largest absolute Gasteiger partial charge is 0.507 e. The first kappa shape index (κ1) is 13.0. The van der Waals surface area contributed by atoms with Gasteiger partial charge >= 0.3 is 0 Å². The maximum Gasteiger partial charge on any atom is 0.224 e. The molecule has 1 heterocycles. The second kappa shape index (κ2) is 5.17. The minimum atomic E-state index is -0.468. The number of rotatable bonds is 3. The lowest BCUT2D eigenvalue weighted by molar-refractivity contribution is 0.102. The van der Waals surface area contributed by atoms with E-state index >= 15 is 0 Å². The molecule has 0 saturated heterocycles. The average Bonchev–Trinajstić information content (AvgIpc) is 3.02. The van der Waals surface area contributed by atoms with Crippen molar-refractivity contribution in [2.45, 2.75) is 0 Å². The number of phenolic OH excluding ortho intramolecular Hbond substituents is 1. The Morgan fingerprint density at radius 3 is 2.62 bits per heavy atom. The second-order valence-electron chi connectivity index (χ2n) is 4.55. The van der Waals surface area contributed by atoms with E-state index in [0.29, 0.717) is 5.39 Å². The summed E-state index contributed by atoms with van der Waals surface area (Å²) in [6, 6.07) is 13.7. The number of aliphatic hydroxyl groups is 1. The van der Waals surface area contributed by atoms with Crippen molar-refractivity contribution in [3.05, 3.63) is 72.2 Å². The SMILES string of the molecule is O=C(C=C(O)c1ccc2ccccc2c1O)c1ccco1. The quantitative estimate of drug-likeness (QED) is 0.433. The van der Waals surface area contributed by atoms with Crippen molar-refractivity contribution in [3.63, 3.8) is 0 Å². The van der Waals surface area contributed by atoms with Gasteiger partial charge in [-0.3, -0.25) is 4.79 Å². The minimum Gasteiger partial charge on any atom is -0.507 e. The lowest BCUT2D eigenvalue weighted by Crippen LogP contribution is -1.95. The zero-order valence-electron chi connectivity index (χ0n) is 11.0.